The summed E-state index contributed by atoms with van der Waals surface area (Å²) in [6, 6.07) is 4.68. The Hall–Kier alpha value is -2.52. The number of carbonyl (C=O) groups excluding carboxylic acids is 2. The highest BCUT2D eigenvalue weighted by Crippen LogP contribution is 2.24. The number of rotatable bonds is 6. The van der Waals surface area contributed by atoms with Gasteiger partial charge in [-0.1, -0.05) is 6.07 Å². The van der Waals surface area contributed by atoms with Crippen molar-refractivity contribution in [3.63, 3.8) is 0 Å². The molecule has 1 aliphatic rings. The maximum atomic E-state index is 14.1. The highest BCUT2D eigenvalue weighted by atomic mass is 19.4. The molecule has 0 aliphatic carbocycles. The Bertz CT molecular complexity index is 697. The summed E-state index contributed by atoms with van der Waals surface area (Å²) in [7, 11) is 0. The van der Waals surface area contributed by atoms with Gasteiger partial charge in [0, 0.05) is 32.1 Å². The van der Waals surface area contributed by atoms with Gasteiger partial charge < -0.3 is 20.3 Å². The number of carbonyl (C=O) groups is 2. The first-order valence-electron chi connectivity index (χ1n) is 8.92. The molecule has 0 radical (unpaired) electrons. The third-order valence-electron chi connectivity index (χ3n) is 4.22. The van der Waals surface area contributed by atoms with Crippen LogP contribution in [0.15, 0.2) is 18.2 Å². The largest absolute Gasteiger partial charge is 0.440 e. The van der Waals surface area contributed by atoms with Gasteiger partial charge in [0.2, 0.25) is 5.91 Å². The standard InChI is InChI=1S/C18H23F4N3O3/c1-12-4-5-14(19)15(9-12)25-8-2-3-13(10-25)24-16(26)6-7-23-17(27)28-11-18(20,21)22/h4-5,9,13H,2-3,6-8,10-11H2,1H3,(H,23,27)(H,24,26). The normalized spacial score (nSPS) is 17.2. The van der Waals surface area contributed by atoms with E-state index < -0.39 is 18.9 Å². The van der Waals surface area contributed by atoms with Crippen LogP contribution in [0, 0.1) is 12.7 Å². The summed E-state index contributed by atoms with van der Waals surface area (Å²) in [4.78, 5) is 25.0. The fourth-order valence-corrected chi connectivity index (χ4v) is 2.96. The lowest BCUT2D eigenvalue weighted by Gasteiger charge is -2.35. The summed E-state index contributed by atoms with van der Waals surface area (Å²) >= 11 is 0. The highest BCUT2D eigenvalue weighted by Gasteiger charge is 2.29. The quantitative estimate of drug-likeness (QED) is 0.714. The number of ether oxygens (including phenoxy) is 1. The van der Waals surface area contributed by atoms with Crippen LogP contribution in [0.3, 0.4) is 0 Å². The van der Waals surface area contributed by atoms with Crippen molar-refractivity contribution in [3.05, 3.63) is 29.6 Å². The smallest absolute Gasteiger partial charge is 0.422 e. The first-order valence-corrected chi connectivity index (χ1v) is 8.92. The molecule has 1 aromatic carbocycles. The fraction of sp³-hybridized carbons (Fsp3) is 0.556. The number of amides is 2. The molecule has 0 saturated carbocycles. The summed E-state index contributed by atoms with van der Waals surface area (Å²) in [6.07, 6.45) is -4.42. The first-order chi connectivity index (χ1) is 13.1. The number of aryl methyl sites for hydroxylation is 1. The maximum absolute atomic E-state index is 14.1. The van der Waals surface area contributed by atoms with Crippen LogP contribution in [0.2, 0.25) is 0 Å². The van der Waals surface area contributed by atoms with Crippen molar-refractivity contribution in [3.8, 4) is 0 Å². The predicted octanol–water partition coefficient (Wildman–Crippen LogP) is 2.90. The van der Waals surface area contributed by atoms with Crippen molar-refractivity contribution in [2.45, 2.75) is 38.4 Å². The minimum atomic E-state index is -4.60. The molecule has 10 heteroatoms. The van der Waals surface area contributed by atoms with Crippen LogP contribution in [0.4, 0.5) is 28.0 Å². The molecule has 1 fully saturated rings. The average molecular weight is 405 g/mol. The van der Waals surface area contributed by atoms with E-state index in [9.17, 15) is 27.2 Å². The minimum Gasteiger partial charge on any atom is -0.440 e. The Morgan fingerprint density at radius 3 is 2.79 bits per heavy atom. The van der Waals surface area contributed by atoms with Crippen molar-refractivity contribution in [1.29, 1.82) is 0 Å². The fourth-order valence-electron chi connectivity index (χ4n) is 2.96. The van der Waals surface area contributed by atoms with E-state index in [2.05, 4.69) is 15.4 Å². The van der Waals surface area contributed by atoms with E-state index >= 15 is 0 Å². The highest BCUT2D eigenvalue weighted by molar-refractivity contribution is 5.77. The zero-order valence-corrected chi connectivity index (χ0v) is 15.4. The zero-order valence-electron chi connectivity index (χ0n) is 15.4. The lowest BCUT2D eigenvalue weighted by atomic mass is 10.0. The number of anilines is 1. The Labute approximate surface area is 160 Å². The summed E-state index contributed by atoms with van der Waals surface area (Å²) in [5.41, 5.74) is 1.43. The van der Waals surface area contributed by atoms with Crippen LogP contribution in [-0.4, -0.2) is 50.5 Å². The Morgan fingerprint density at radius 2 is 2.07 bits per heavy atom. The SMILES string of the molecule is Cc1ccc(F)c(N2CCCC(NC(=O)CCNC(=O)OCC(F)(F)F)C2)c1. The second kappa shape index (κ2) is 9.61. The van der Waals surface area contributed by atoms with Crippen molar-refractivity contribution in [2.24, 2.45) is 0 Å². The second-order valence-corrected chi connectivity index (χ2v) is 6.68. The van der Waals surface area contributed by atoms with E-state index in [1.807, 2.05) is 11.8 Å². The number of piperidine rings is 1. The van der Waals surface area contributed by atoms with Crippen LogP contribution in [0.25, 0.3) is 0 Å². The van der Waals surface area contributed by atoms with E-state index in [1.54, 1.807) is 12.1 Å². The van der Waals surface area contributed by atoms with Crippen LogP contribution < -0.4 is 15.5 Å². The molecule has 0 bridgehead atoms. The minimum absolute atomic E-state index is 0.101. The van der Waals surface area contributed by atoms with Crippen LogP contribution in [-0.2, 0) is 9.53 Å². The molecule has 0 aromatic heterocycles. The lowest BCUT2D eigenvalue weighted by Crippen LogP contribution is -2.48. The van der Waals surface area contributed by atoms with E-state index in [0.717, 1.165) is 18.4 Å². The topological polar surface area (TPSA) is 70.7 Å². The van der Waals surface area contributed by atoms with Gasteiger partial charge in [0.15, 0.2) is 6.61 Å². The number of nitrogens with one attached hydrogen (secondary N) is 2. The first kappa shape index (κ1) is 21.8. The molecule has 1 heterocycles. The number of benzene rings is 1. The predicted molar refractivity (Wildman–Crippen MR) is 94.5 cm³/mol. The number of halogens is 4. The molecular formula is C18H23F4N3O3. The molecule has 1 unspecified atom stereocenters. The molecule has 156 valence electrons. The van der Waals surface area contributed by atoms with Gasteiger partial charge in [0.1, 0.15) is 5.82 Å². The third-order valence-corrected chi connectivity index (χ3v) is 4.22. The Morgan fingerprint density at radius 1 is 1.32 bits per heavy atom. The Kier molecular flexibility index (Phi) is 7.47. The summed E-state index contributed by atoms with van der Waals surface area (Å²) in [5, 5.41) is 4.90. The van der Waals surface area contributed by atoms with E-state index in [4.69, 9.17) is 0 Å². The zero-order chi connectivity index (χ0) is 20.7. The van der Waals surface area contributed by atoms with Gasteiger partial charge in [-0.05, 0) is 37.5 Å². The van der Waals surface area contributed by atoms with Gasteiger partial charge in [0.25, 0.3) is 0 Å². The molecule has 0 spiro atoms. The maximum Gasteiger partial charge on any atom is 0.422 e. The van der Waals surface area contributed by atoms with Gasteiger partial charge in [0.05, 0.1) is 5.69 Å². The molecule has 1 saturated heterocycles. The van der Waals surface area contributed by atoms with E-state index in [0.29, 0.717) is 18.8 Å². The van der Waals surface area contributed by atoms with Crippen molar-refractivity contribution >= 4 is 17.7 Å². The van der Waals surface area contributed by atoms with E-state index in [1.165, 1.54) is 6.07 Å². The molecular weight excluding hydrogens is 382 g/mol. The summed E-state index contributed by atoms with van der Waals surface area (Å²) in [6.45, 7) is 1.18. The number of hydrogen-bond acceptors (Lipinski definition) is 4. The summed E-state index contributed by atoms with van der Waals surface area (Å²) in [5.74, 6) is -0.674. The average Bonchev–Trinajstić information content (AvgIpc) is 2.61. The van der Waals surface area contributed by atoms with Gasteiger partial charge >= 0.3 is 12.3 Å². The molecule has 6 nitrogen and oxygen atoms in total. The van der Waals surface area contributed by atoms with Gasteiger partial charge in [-0.25, -0.2) is 9.18 Å². The van der Waals surface area contributed by atoms with Gasteiger partial charge in [-0.3, -0.25) is 4.79 Å². The van der Waals surface area contributed by atoms with Crippen LogP contribution in [0.5, 0.6) is 0 Å². The van der Waals surface area contributed by atoms with Crippen molar-refractivity contribution in [2.75, 3.05) is 31.1 Å². The van der Waals surface area contributed by atoms with Crippen LogP contribution in [0.1, 0.15) is 24.8 Å². The lowest BCUT2D eigenvalue weighted by molar-refractivity contribution is -0.160. The molecule has 28 heavy (non-hydrogen) atoms. The second-order valence-electron chi connectivity index (χ2n) is 6.68. The number of hydrogen-bond donors (Lipinski definition) is 2. The van der Waals surface area contributed by atoms with Crippen molar-refractivity contribution < 1.29 is 31.9 Å². The number of alkyl carbamates (subject to hydrolysis) is 1. The molecule has 2 rings (SSSR count). The Balaban J connectivity index is 1.75. The summed E-state index contributed by atoms with van der Waals surface area (Å²) < 4.78 is 53.8. The molecule has 2 N–H and O–H groups in total. The molecule has 1 aliphatic heterocycles. The van der Waals surface area contributed by atoms with Gasteiger partial charge in [-0.2, -0.15) is 13.2 Å². The monoisotopic (exact) mass is 405 g/mol. The van der Waals surface area contributed by atoms with E-state index in [-0.39, 0.29) is 30.7 Å². The molecule has 2 amide bonds. The number of alkyl halides is 3. The van der Waals surface area contributed by atoms with Crippen molar-refractivity contribution in [1.82, 2.24) is 10.6 Å². The molecule has 1 aromatic rings. The van der Waals surface area contributed by atoms with Crippen LogP contribution >= 0.6 is 0 Å². The number of nitrogens with zero attached hydrogens (tertiary/aromatic N) is 1. The van der Waals surface area contributed by atoms with Gasteiger partial charge in [-0.15, -0.1) is 0 Å². The molecule has 1 atom stereocenters. The third kappa shape index (κ3) is 7.24.